The lowest BCUT2D eigenvalue weighted by molar-refractivity contribution is -0.136. The van der Waals surface area contributed by atoms with Gasteiger partial charge in [-0.25, -0.2) is 0 Å². The molecule has 1 aliphatic heterocycles. The molecule has 1 heterocycles. The molecule has 32 heavy (non-hydrogen) atoms. The van der Waals surface area contributed by atoms with E-state index in [0.29, 0.717) is 35.3 Å². The summed E-state index contributed by atoms with van der Waals surface area (Å²) in [6.07, 6.45) is 4.10. The van der Waals surface area contributed by atoms with Crippen LogP contribution in [0.2, 0.25) is 0 Å². The Morgan fingerprint density at radius 2 is 1.62 bits per heavy atom. The van der Waals surface area contributed by atoms with Gasteiger partial charge in [-0.1, -0.05) is 82.5 Å². The van der Waals surface area contributed by atoms with Gasteiger partial charge in [0.1, 0.15) is 5.75 Å². The number of hydrogen-bond donors (Lipinski definition) is 0. The van der Waals surface area contributed by atoms with E-state index in [4.69, 9.17) is 4.74 Å². The Bertz CT molecular complexity index is 935. The number of carbonyl (C=O) groups is 2. The summed E-state index contributed by atoms with van der Waals surface area (Å²) >= 11 is 1.45. The Labute approximate surface area is 196 Å². The van der Waals surface area contributed by atoms with Crippen LogP contribution in [0.3, 0.4) is 0 Å². The second-order valence-corrected chi connectivity index (χ2v) is 9.52. The summed E-state index contributed by atoms with van der Waals surface area (Å²) in [4.78, 5) is 28.5. The largest absolute Gasteiger partial charge is 0.493 e. The Hall–Kier alpha value is -2.53. The predicted octanol–water partition coefficient (Wildman–Crippen LogP) is 6.32. The van der Waals surface area contributed by atoms with Crippen LogP contribution in [0.25, 0.3) is 5.57 Å². The minimum atomic E-state index is -0.182. The number of ether oxygens (including phenoxy) is 1. The minimum Gasteiger partial charge on any atom is -0.493 e. The lowest BCUT2D eigenvalue weighted by Crippen LogP contribution is -2.32. The Morgan fingerprint density at radius 3 is 2.28 bits per heavy atom. The van der Waals surface area contributed by atoms with Crippen LogP contribution in [0, 0.1) is 5.92 Å². The van der Waals surface area contributed by atoms with E-state index in [-0.39, 0.29) is 11.8 Å². The molecule has 0 aromatic heterocycles. The first-order valence-electron chi connectivity index (χ1n) is 11.5. The SMILES string of the molecule is CCCCCCN1C(=O)C(SCc2ccccc2)=C(c2ccc(OCC(C)C)cc2)C1=O. The number of carbonyl (C=O) groups excluding carboxylic acids is 2. The summed E-state index contributed by atoms with van der Waals surface area (Å²) in [6.45, 7) is 7.48. The van der Waals surface area contributed by atoms with Crippen LogP contribution >= 0.6 is 11.8 Å². The van der Waals surface area contributed by atoms with Crippen molar-refractivity contribution in [2.45, 2.75) is 52.2 Å². The van der Waals surface area contributed by atoms with Crippen molar-refractivity contribution >= 4 is 29.1 Å². The van der Waals surface area contributed by atoms with Crippen molar-refractivity contribution in [3.05, 3.63) is 70.6 Å². The fraction of sp³-hybridized carbons (Fsp3) is 0.407. The van der Waals surface area contributed by atoms with Crippen molar-refractivity contribution in [2.24, 2.45) is 5.92 Å². The zero-order valence-corrected chi connectivity index (χ0v) is 20.1. The third-order valence-electron chi connectivity index (χ3n) is 5.31. The van der Waals surface area contributed by atoms with Crippen molar-refractivity contribution < 1.29 is 14.3 Å². The highest BCUT2D eigenvalue weighted by atomic mass is 32.2. The molecular weight excluding hydrogens is 418 g/mol. The number of imide groups is 1. The van der Waals surface area contributed by atoms with E-state index in [1.165, 1.54) is 16.7 Å². The monoisotopic (exact) mass is 451 g/mol. The molecule has 170 valence electrons. The minimum absolute atomic E-state index is 0.164. The Morgan fingerprint density at radius 1 is 0.906 bits per heavy atom. The lowest BCUT2D eigenvalue weighted by Gasteiger charge is -2.15. The molecule has 0 aliphatic carbocycles. The smallest absolute Gasteiger partial charge is 0.267 e. The number of thioether (sulfide) groups is 1. The van der Waals surface area contributed by atoms with E-state index >= 15 is 0 Å². The molecule has 0 atom stereocenters. The van der Waals surface area contributed by atoms with Crippen LogP contribution in [0.5, 0.6) is 5.75 Å². The summed E-state index contributed by atoms with van der Waals surface area (Å²) in [7, 11) is 0. The number of rotatable bonds is 12. The van der Waals surface area contributed by atoms with Gasteiger partial charge in [0.15, 0.2) is 0 Å². The molecule has 0 N–H and O–H groups in total. The number of unbranched alkanes of at least 4 members (excludes halogenated alkanes) is 3. The zero-order valence-electron chi connectivity index (χ0n) is 19.3. The number of hydrogen-bond acceptors (Lipinski definition) is 4. The van der Waals surface area contributed by atoms with Gasteiger partial charge in [-0.05, 0) is 35.6 Å². The third kappa shape index (κ3) is 6.26. The topological polar surface area (TPSA) is 46.6 Å². The van der Waals surface area contributed by atoms with Gasteiger partial charge in [0.25, 0.3) is 11.8 Å². The van der Waals surface area contributed by atoms with Crippen molar-refractivity contribution in [3.8, 4) is 5.75 Å². The molecule has 0 fully saturated rings. The first kappa shape index (κ1) is 24.1. The molecule has 3 rings (SSSR count). The van der Waals surface area contributed by atoms with E-state index < -0.39 is 0 Å². The van der Waals surface area contributed by atoms with Gasteiger partial charge in [0.05, 0.1) is 17.1 Å². The summed E-state index contributed by atoms with van der Waals surface area (Å²) in [5.41, 5.74) is 2.41. The summed E-state index contributed by atoms with van der Waals surface area (Å²) < 4.78 is 5.78. The van der Waals surface area contributed by atoms with Crippen LogP contribution in [0.4, 0.5) is 0 Å². The van der Waals surface area contributed by atoms with Gasteiger partial charge >= 0.3 is 0 Å². The van der Waals surface area contributed by atoms with Gasteiger partial charge in [-0.2, -0.15) is 0 Å². The molecule has 0 saturated carbocycles. The van der Waals surface area contributed by atoms with E-state index in [0.717, 1.165) is 42.6 Å². The first-order valence-corrected chi connectivity index (χ1v) is 12.5. The third-order valence-corrected chi connectivity index (χ3v) is 6.46. The van der Waals surface area contributed by atoms with Gasteiger partial charge in [-0.15, -0.1) is 11.8 Å². The van der Waals surface area contributed by atoms with Gasteiger partial charge in [0, 0.05) is 12.3 Å². The van der Waals surface area contributed by atoms with Gasteiger partial charge in [-0.3, -0.25) is 14.5 Å². The highest BCUT2D eigenvalue weighted by molar-refractivity contribution is 8.03. The van der Waals surface area contributed by atoms with E-state index in [2.05, 4.69) is 20.8 Å². The summed E-state index contributed by atoms with van der Waals surface area (Å²) in [5.74, 6) is 1.52. The average Bonchev–Trinajstić information content (AvgIpc) is 3.04. The first-order chi connectivity index (χ1) is 15.5. The molecule has 0 bridgehead atoms. The van der Waals surface area contributed by atoms with Crippen LogP contribution in [0.15, 0.2) is 59.5 Å². The molecule has 4 nitrogen and oxygen atoms in total. The van der Waals surface area contributed by atoms with Crippen molar-refractivity contribution in [1.29, 1.82) is 0 Å². The zero-order chi connectivity index (χ0) is 22.9. The van der Waals surface area contributed by atoms with E-state index in [1.54, 1.807) is 0 Å². The number of benzene rings is 2. The molecular formula is C27H33NO3S. The van der Waals surface area contributed by atoms with Gasteiger partial charge < -0.3 is 4.74 Å². The fourth-order valence-electron chi connectivity index (χ4n) is 3.55. The predicted molar refractivity (Wildman–Crippen MR) is 132 cm³/mol. The second-order valence-electron chi connectivity index (χ2n) is 8.53. The highest BCUT2D eigenvalue weighted by Gasteiger charge is 2.38. The Balaban J connectivity index is 1.82. The molecule has 0 spiro atoms. The highest BCUT2D eigenvalue weighted by Crippen LogP contribution is 2.38. The molecule has 0 unspecified atom stereocenters. The fourth-order valence-corrected chi connectivity index (χ4v) is 4.64. The van der Waals surface area contributed by atoms with Gasteiger partial charge in [0.2, 0.25) is 0 Å². The maximum Gasteiger partial charge on any atom is 0.267 e. The summed E-state index contributed by atoms with van der Waals surface area (Å²) in [5, 5.41) is 0. The van der Waals surface area contributed by atoms with Crippen LogP contribution < -0.4 is 4.74 Å². The maximum atomic E-state index is 13.3. The maximum absolute atomic E-state index is 13.3. The second kappa shape index (κ2) is 11.9. The number of nitrogens with zero attached hydrogens (tertiary/aromatic N) is 1. The van der Waals surface area contributed by atoms with Crippen molar-refractivity contribution in [2.75, 3.05) is 13.2 Å². The average molecular weight is 452 g/mol. The van der Waals surface area contributed by atoms with Crippen LogP contribution in [0.1, 0.15) is 57.6 Å². The van der Waals surface area contributed by atoms with E-state index in [9.17, 15) is 9.59 Å². The molecule has 2 aromatic carbocycles. The normalized spacial score (nSPS) is 14.1. The Kier molecular flexibility index (Phi) is 8.98. The molecule has 2 amide bonds. The molecule has 0 saturated heterocycles. The standard InChI is InChI=1S/C27H33NO3S/c1-4-5-6-10-17-28-26(29)24(22-13-15-23(16-14-22)31-18-20(2)3)25(27(28)30)32-19-21-11-8-7-9-12-21/h7-9,11-16,20H,4-6,10,17-19H2,1-3H3. The molecule has 1 aliphatic rings. The molecule has 2 aromatic rings. The van der Waals surface area contributed by atoms with Crippen molar-refractivity contribution in [1.82, 2.24) is 4.90 Å². The summed E-state index contributed by atoms with van der Waals surface area (Å²) in [6, 6.07) is 17.6. The lowest BCUT2D eigenvalue weighted by atomic mass is 10.1. The molecule has 5 heteroatoms. The quantitative estimate of drug-likeness (QED) is 0.280. The van der Waals surface area contributed by atoms with Crippen LogP contribution in [-0.4, -0.2) is 29.9 Å². The van der Waals surface area contributed by atoms with Crippen molar-refractivity contribution in [3.63, 3.8) is 0 Å². The molecule has 0 radical (unpaired) electrons. The number of amides is 2. The van der Waals surface area contributed by atoms with Crippen LogP contribution in [-0.2, 0) is 15.3 Å². The van der Waals surface area contributed by atoms with E-state index in [1.807, 2.05) is 54.6 Å².